The fourth-order valence-corrected chi connectivity index (χ4v) is 11.4. The molecule has 4 aliphatic rings. The number of carbonyl (C=O) groups is 3. The van der Waals surface area contributed by atoms with Crippen molar-refractivity contribution in [2.45, 2.75) is 85.3 Å². The maximum atomic E-state index is 14.7. The lowest BCUT2D eigenvalue weighted by molar-refractivity contribution is -0.146. The van der Waals surface area contributed by atoms with E-state index in [1.807, 2.05) is 36.1 Å². The predicted octanol–water partition coefficient (Wildman–Crippen LogP) is 4.80. The molecule has 3 saturated heterocycles. The predicted molar refractivity (Wildman–Crippen MR) is 175 cm³/mol. The van der Waals surface area contributed by atoms with Crippen LogP contribution in [0.3, 0.4) is 0 Å². The highest BCUT2D eigenvalue weighted by atomic mass is 79.9. The van der Waals surface area contributed by atoms with Crippen molar-refractivity contribution in [1.29, 1.82) is 0 Å². The van der Waals surface area contributed by atoms with Crippen LogP contribution in [0.15, 0.2) is 49.6 Å². The lowest BCUT2D eigenvalue weighted by Crippen LogP contribution is -2.59. The van der Waals surface area contributed by atoms with Gasteiger partial charge in [-0.3, -0.25) is 14.4 Å². The van der Waals surface area contributed by atoms with Gasteiger partial charge in [0.2, 0.25) is 17.7 Å². The fourth-order valence-electron chi connectivity index (χ4n) is 7.82. The Bertz CT molecular complexity index is 1220. The lowest BCUT2D eigenvalue weighted by Gasteiger charge is -2.42. The van der Waals surface area contributed by atoms with Crippen LogP contribution in [0.1, 0.15) is 52.4 Å². The van der Waals surface area contributed by atoms with Crippen LogP contribution in [0.2, 0.25) is 0 Å². The number of rotatable bonds is 12. The molecule has 1 saturated carbocycles. The van der Waals surface area contributed by atoms with Crippen molar-refractivity contribution in [3.8, 4) is 5.75 Å². The summed E-state index contributed by atoms with van der Waals surface area (Å²) >= 11 is 5.50. The highest BCUT2D eigenvalue weighted by molar-refractivity contribution is 9.09. The van der Waals surface area contributed by atoms with Gasteiger partial charge in [-0.15, -0.1) is 24.9 Å². The van der Waals surface area contributed by atoms with Gasteiger partial charge in [0.15, 0.2) is 0 Å². The molecular weight excluding hydrogens is 630 g/mol. The van der Waals surface area contributed by atoms with Crippen LogP contribution in [-0.4, -0.2) is 91.9 Å². The molecule has 0 radical (unpaired) electrons. The molecule has 3 unspecified atom stereocenters. The standard InChI is InChI=1S/C33H44BrN3O5S/c1-5-17-35(23-13-15-24(16-14-23)42-7-3)30(39)26-27-31(40)37(21(4)20-38)29(33(27)19-25(34)28(26)43-33)32(41)36(18-6-2)22-11-9-8-10-12-22/h5-6,13-16,21-22,25-29,38H,1-2,7-12,17-20H2,3-4H3/t21-,25?,26-,27+,28-,29?,33?/m1/s1. The van der Waals surface area contributed by atoms with E-state index in [1.54, 1.807) is 40.6 Å². The van der Waals surface area contributed by atoms with Crippen molar-refractivity contribution in [3.05, 3.63) is 49.6 Å². The van der Waals surface area contributed by atoms with Crippen LogP contribution in [0.4, 0.5) is 5.69 Å². The summed E-state index contributed by atoms with van der Waals surface area (Å²) < 4.78 is 4.82. The summed E-state index contributed by atoms with van der Waals surface area (Å²) in [5.41, 5.74) is 0.703. The summed E-state index contributed by atoms with van der Waals surface area (Å²) in [7, 11) is 0. The molecule has 5 rings (SSSR count). The first-order valence-corrected chi connectivity index (χ1v) is 17.3. The zero-order valence-electron chi connectivity index (χ0n) is 25.2. The molecular formula is C33H44BrN3O5S. The Kier molecular flexibility index (Phi) is 9.98. The Morgan fingerprint density at radius 2 is 1.84 bits per heavy atom. The molecule has 1 aliphatic carbocycles. The third-order valence-electron chi connectivity index (χ3n) is 9.65. The first-order valence-electron chi connectivity index (χ1n) is 15.5. The molecule has 4 fully saturated rings. The molecule has 8 nitrogen and oxygen atoms in total. The van der Waals surface area contributed by atoms with E-state index >= 15 is 0 Å². The van der Waals surface area contributed by atoms with Gasteiger partial charge in [0, 0.05) is 34.9 Å². The van der Waals surface area contributed by atoms with E-state index in [0.717, 1.165) is 37.9 Å². The van der Waals surface area contributed by atoms with Gasteiger partial charge in [0.05, 0.1) is 35.8 Å². The van der Waals surface area contributed by atoms with E-state index < -0.39 is 28.7 Å². The number of ether oxygens (including phenoxy) is 1. The summed E-state index contributed by atoms with van der Waals surface area (Å²) in [6, 6.07) is 6.17. The van der Waals surface area contributed by atoms with Gasteiger partial charge in [0.25, 0.3) is 0 Å². The van der Waals surface area contributed by atoms with E-state index in [2.05, 4.69) is 29.1 Å². The summed E-state index contributed by atoms with van der Waals surface area (Å²) in [6.07, 6.45) is 9.23. The summed E-state index contributed by atoms with van der Waals surface area (Å²) in [5.74, 6) is -1.02. The molecule has 43 heavy (non-hydrogen) atoms. The number of alkyl halides is 1. The van der Waals surface area contributed by atoms with Crippen LogP contribution in [0.5, 0.6) is 5.75 Å². The van der Waals surface area contributed by atoms with Gasteiger partial charge in [-0.2, -0.15) is 0 Å². The zero-order chi connectivity index (χ0) is 30.9. The number of fused-ring (bicyclic) bond motifs is 1. The van der Waals surface area contributed by atoms with E-state index in [0.29, 0.717) is 25.3 Å². The first kappa shape index (κ1) is 32.1. The number of carbonyl (C=O) groups excluding carboxylic acids is 3. The molecule has 10 heteroatoms. The normalized spacial score (nSPS) is 30.6. The number of hydrogen-bond acceptors (Lipinski definition) is 6. The van der Waals surface area contributed by atoms with Crippen molar-refractivity contribution in [3.63, 3.8) is 0 Å². The summed E-state index contributed by atoms with van der Waals surface area (Å²) in [4.78, 5) is 49.0. The van der Waals surface area contributed by atoms with Crippen molar-refractivity contribution >= 4 is 51.1 Å². The van der Waals surface area contributed by atoms with E-state index in [4.69, 9.17) is 4.74 Å². The van der Waals surface area contributed by atoms with Crippen LogP contribution in [0.25, 0.3) is 0 Å². The lowest BCUT2D eigenvalue weighted by atomic mass is 9.70. The quantitative estimate of drug-likeness (QED) is 0.253. The number of benzene rings is 1. The number of thioether (sulfide) groups is 1. The number of amides is 3. The second kappa shape index (κ2) is 13.4. The molecule has 1 aromatic rings. The number of hydrogen-bond donors (Lipinski definition) is 1. The molecule has 1 N–H and O–H groups in total. The zero-order valence-corrected chi connectivity index (χ0v) is 27.6. The van der Waals surface area contributed by atoms with Gasteiger partial charge in [-0.05, 0) is 57.4 Å². The van der Waals surface area contributed by atoms with Gasteiger partial charge in [0.1, 0.15) is 11.8 Å². The maximum Gasteiger partial charge on any atom is 0.247 e. The third kappa shape index (κ3) is 5.56. The SMILES string of the molecule is C=CCN(C(=O)[C@H]1[C@@H]2SC3(CC2Br)C(C(=O)N(CC=C)C2CCCCC2)N([C@H](C)CO)C(=O)[C@H]13)c1ccc(OCC)cc1. The topological polar surface area (TPSA) is 90.4 Å². The minimum absolute atomic E-state index is 0.0383. The Morgan fingerprint density at radius 1 is 1.16 bits per heavy atom. The highest BCUT2D eigenvalue weighted by Crippen LogP contribution is 2.68. The first-order chi connectivity index (χ1) is 20.7. The summed E-state index contributed by atoms with van der Waals surface area (Å²) in [5, 5.41) is 10.1. The molecule has 1 aromatic carbocycles. The highest BCUT2D eigenvalue weighted by Gasteiger charge is 2.76. The van der Waals surface area contributed by atoms with E-state index in [9.17, 15) is 19.5 Å². The average molecular weight is 675 g/mol. The van der Waals surface area contributed by atoms with Crippen LogP contribution < -0.4 is 9.64 Å². The number of aliphatic hydroxyl groups is 1. The van der Waals surface area contributed by atoms with Crippen LogP contribution in [0, 0.1) is 11.8 Å². The molecule has 2 bridgehead atoms. The van der Waals surface area contributed by atoms with E-state index in [-0.39, 0.29) is 47.0 Å². The fraction of sp³-hybridized carbons (Fsp3) is 0.606. The molecule has 0 aromatic heterocycles. The Balaban J connectivity index is 1.54. The Hall–Kier alpha value is -2.30. The number of nitrogens with zero attached hydrogens (tertiary/aromatic N) is 3. The maximum absolute atomic E-state index is 14.7. The number of halogens is 1. The van der Waals surface area contributed by atoms with Crippen molar-refractivity contribution in [2.75, 3.05) is 31.2 Å². The number of aliphatic hydroxyl groups excluding tert-OH is 1. The van der Waals surface area contributed by atoms with Crippen LogP contribution in [-0.2, 0) is 14.4 Å². The molecule has 3 amide bonds. The minimum Gasteiger partial charge on any atom is -0.494 e. The third-order valence-corrected chi connectivity index (χ3v) is 12.9. The second-order valence-corrected chi connectivity index (χ2v) is 14.9. The Labute approximate surface area is 268 Å². The Morgan fingerprint density at radius 3 is 2.44 bits per heavy atom. The second-order valence-electron chi connectivity index (χ2n) is 12.2. The van der Waals surface area contributed by atoms with Crippen molar-refractivity contribution in [1.82, 2.24) is 9.80 Å². The van der Waals surface area contributed by atoms with E-state index in [1.165, 1.54) is 0 Å². The monoisotopic (exact) mass is 673 g/mol. The molecule has 3 aliphatic heterocycles. The number of likely N-dealkylation sites (tertiary alicyclic amines) is 1. The average Bonchev–Trinajstić information content (AvgIpc) is 3.62. The molecule has 234 valence electrons. The van der Waals surface area contributed by atoms with Gasteiger partial charge in [-0.25, -0.2) is 0 Å². The molecule has 7 atom stereocenters. The largest absolute Gasteiger partial charge is 0.494 e. The van der Waals surface area contributed by atoms with Gasteiger partial charge < -0.3 is 24.5 Å². The van der Waals surface area contributed by atoms with Crippen molar-refractivity contribution in [2.24, 2.45) is 11.8 Å². The molecule has 1 spiro atoms. The summed E-state index contributed by atoms with van der Waals surface area (Å²) in [6.45, 7) is 12.5. The van der Waals surface area contributed by atoms with Crippen molar-refractivity contribution < 1.29 is 24.2 Å². The molecule has 3 heterocycles. The van der Waals surface area contributed by atoms with Gasteiger partial charge >= 0.3 is 0 Å². The number of anilines is 1. The smallest absolute Gasteiger partial charge is 0.247 e. The van der Waals surface area contributed by atoms with Crippen LogP contribution >= 0.6 is 27.7 Å². The van der Waals surface area contributed by atoms with Gasteiger partial charge in [-0.1, -0.05) is 47.3 Å². The minimum atomic E-state index is -0.774.